The molecule has 4 nitrogen and oxygen atoms in total. The molecule has 0 radical (unpaired) electrons. The Balaban J connectivity index is 3.20. The van der Waals surface area contributed by atoms with Crippen LogP contribution in [0.1, 0.15) is 58.8 Å². The molecule has 94 valence electrons. The quantitative estimate of drug-likeness (QED) is 0.347. The first-order valence-electron chi connectivity index (χ1n) is 5.95. The minimum atomic E-state index is -0.438. The molecule has 0 N–H and O–H groups in total. The maximum Gasteiger partial charge on any atom is 0.308 e. The largest absolute Gasteiger partial charge is 0.428 e. The Kier molecular flexibility index (Phi) is 9.76. The zero-order valence-corrected chi connectivity index (χ0v) is 10.3. The molecule has 0 spiro atoms. The molecule has 0 fully saturated rings. The summed E-state index contributed by atoms with van der Waals surface area (Å²) in [4.78, 5) is 21.5. The van der Waals surface area contributed by atoms with Gasteiger partial charge < -0.3 is 9.47 Å². The molecule has 0 saturated heterocycles. The highest BCUT2D eigenvalue weighted by Gasteiger charge is 2.03. The Morgan fingerprint density at radius 1 is 0.938 bits per heavy atom. The molecule has 0 saturated carbocycles. The third kappa shape index (κ3) is 11.0. The van der Waals surface area contributed by atoms with Crippen molar-refractivity contribution >= 4 is 11.9 Å². The first kappa shape index (κ1) is 14.9. The van der Waals surface area contributed by atoms with Crippen LogP contribution in [0.3, 0.4) is 0 Å². The van der Waals surface area contributed by atoms with E-state index in [9.17, 15) is 9.59 Å². The van der Waals surface area contributed by atoms with Crippen molar-refractivity contribution in [2.45, 2.75) is 58.8 Å². The van der Waals surface area contributed by atoms with Crippen molar-refractivity contribution in [3.05, 3.63) is 0 Å². The average Bonchev–Trinajstić information content (AvgIpc) is 2.22. The molecule has 0 aromatic rings. The third-order valence-corrected chi connectivity index (χ3v) is 2.22. The zero-order chi connectivity index (χ0) is 12.2. The van der Waals surface area contributed by atoms with E-state index in [1.54, 1.807) is 0 Å². The van der Waals surface area contributed by atoms with Crippen LogP contribution in [0, 0.1) is 0 Å². The summed E-state index contributed by atoms with van der Waals surface area (Å²) < 4.78 is 9.19. The van der Waals surface area contributed by atoms with E-state index in [-0.39, 0.29) is 12.8 Å². The minimum absolute atomic E-state index is 0.260. The molecule has 0 aromatic carbocycles. The third-order valence-electron chi connectivity index (χ3n) is 2.22. The molecule has 0 aliphatic carbocycles. The fraction of sp³-hybridized carbons (Fsp3) is 0.833. The summed E-state index contributed by atoms with van der Waals surface area (Å²) in [6.07, 6.45) is 7.21. The van der Waals surface area contributed by atoms with Gasteiger partial charge >= 0.3 is 11.9 Å². The topological polar surface area (TPSA) is 52.6 Å². The normalized spacial score (nSPS) is 9.88. The highest BCUT2D eigenvalue weighted by molar-refractivity contribution is 5.69. The van der Waals surface area contributed by atoms with E-state index in [4.69, 9.17) is 4.74 Å². The summed E-state index contributed by atoms with van der Waals surface area (Å²) >= 11 is 0. The van der Waals surface area contributed by atoms with Gasteiger partial charge in [-0.2, -0.15) is 0 Å². The van der Waals surface area contributed by atoms with Crippen molar-refractivity contribution < 1.29 is 19.1 Å². The number of unbranched alkanes of at least 4 members (excludes halogenated alkanes) is 5. The van der Waals surface area contributed by atoms with E-state index >= 15 is 0 Å². The van der Waals surface area contributed by atoms with Crippen LogP contribution in [-0.2, 0) is 19.1 Å². The van der Waals surface area contributed by atoms with Crippen LogP contribution in [0.5, 0.6) is 0 Å². The van der Waals surface area contributed by atoms with Gasteiger partial charge in [-0.25, -0.2) is 0 Å². The first-order chi connectivity index (χ1) is 7.66. The van der Waals surface area contributed by atoms with Gasteiger partial charge in [-0.3, -0.25) is 9.59 Å². The van der Waals surface area contributed by atoms with Crippen molar-refractivity contribution in [1.82, 2.24) is 0 Å². The second-order valence-corrected chi connectivity index (χ2v) is 3.79. The molecule has 0 rings (SSSR count). The molecular weight excluding hydrogens is 208 g/mol. The number of hydrogen-bond donors (Lipinski definition) is 0. The van der Waals surface area contributed by atoms with Gasteiger partial charge in [0, 0.05) is 13.3 Å². The van der Waals surface area contributed by atoms with Crippen LogP contribution >= 0.6 is 0 Å². The van der Waals surface area contributed by atoms with Crippen molar-refractivity contribution in [3.63, 3.8) is 0 Å². The molecule has 0 aromatic heterocycles. The lowest BCUT2D eigenvalue weighted by Gasteiger charge is -2.04. The number of rotatable bonds is 9. The van der Waals surface area contributed by atoms with Crippen LogP contribution in [0.25, 0.3) is 0 Å². The van der Waals surface area contributed by atoms with Gasteiger partial charge in [0.15, 0.2) is 0 Å². The van der Waals surface area contributed by atoms with Crippen LogP contribution in [0.2, 0.25) is 0 Å². The van der Waals surface area contributed by atoms with Crippen molar-refractivity contribution in [2.24, 2.45) is 0 Å². The molecule has 4 heteroatoms. The molecule has 16 heavy (non-hydrogen) atoms. The lowest BCUT2D eigenvalue weighted by molar-refractivity contribution is -0.165. The molecule has 0 bridgehead atoms. The average molecular weight is 230 g/mol. The molecule has 0 aliphatic rings. The van der Waals surface area contributed by atoms with Gasteiger partial charge in [-0.1, -0.05) is 39.0 Å². The van der Waals surface area contributed by atoms with Gasteiger partial charge in [0.2, 0.25) is 6.79 Å². The summed E-state index contributed by atoms with van der Waals surface area (Å²) in [5.74, 6) is -0.732. The van der Waals surface area contributed by atoms with Gasteiger partial charge in [-0.05, 0) is 6.42 Å². The summed E-state index contributed by atoms with van der Waals surface area (Å²) in [5, 5.41) is 0. The van der Waals surface area contributed by atoms with Crippen molar-refractivity contribution in [1.29, 1.82) is 0 Å². The number of carbonyl (C=O) groups is 2. The fourth-order valence-corrected chi connectivity index (χ4v) is 1.30. The molecular formula is C12H22O4. The standard InChI is InChI=1S/C12H22O4/c1-3-4-5-6-7-8-9-12(14)16-10-15-11(2)13/h3-10H2,1-2H3. The van der Waals surface area contributed by atoms with Gasteiger partial charge in [0.1, 0.15) is 0 Å². The molecule has 0 aliphatic heterocycles. The predicted octanol–water partition coefficient (Wildman–Crippen LogP) is 2.80. The molecule has 0 atom stereocenters. The maximum atomic E-state index is 11.1. The van der Waals surface area contributed by atoms with E-state index in [1.807, 2.05) is 0 Å². The SMILES string of the molecule is CCCCCCCCC(=O)OCOC(C)=O. The minimum Gasteiger partial charge on any atom is -0.428 e. The Morgan fingerprint density at radius 3 is 2.19 bits per heavy atom. The summed E-state index contributed by atoms with van der Waals surface area (Å²) in [6.45, 7) is 3.19. The Morgan fingerprint density at radius 2 is 1.56 bits per heavy atom. The summed E-state index contributed by atoms with van der Waals surface area (Å²) in [6, 6.07) is 0. The van der Waals surface area contributed by atoms with Gasteiger partial charge in [0.25, 0.3) is 0 Å². The second kappa shape index (κ2) is 10.5. The lowest BCUT2D eigenvalue weighted by atomic mass is 10.1. The van der Waals surface area contributed by atoms with E-state index in [0.29, 0.717) is 6.42 Å². The zero-order valence-electron chi connectivity index (χ0n) is 10.3. The Bertz CT molecular complexity index is 201. The smallest absolute Gasteiger partial charge is 0.308 e. The second-order valence-electron chi connectivity index (χ2n) is 3.79. The number of hydrogen-bond acceptors (Lipinski definition) is 4. The summed E-state index contributed by atoms with van der Waals surface area (Å²) in [5.41, 5.74) is 0. The van der Waals surface area contributed by atoms with Crippen LogP contribution in [0.4, 0.5) is 0 Å². The van der Waals surface area contributed by atoms with E-state index in [1.165, 1.54) is 32.6 Å². The molecule has 0 unspecified atom stereocenters. The van der Waals surface area contributed by atoms with E-state index in [0.717, 1.165) is 12.8 Å². The van der Waals surface area contributed by atoms with E-state index in [2.05, 4.69) is 11.7 Å². The number of ether oxygens (including phenoxy) is 2. The maximum absolute atomic E-state index is 11.1. The highest BCUT2D eigenvalue weighted by atomic mass is 16.7. The van der Waals surface area contributed by atoms with Gasteiger partial charge in [0.05, 0.1) is 0 Å². The molecule has 0 heterocycles. The Hall–Kier alpha value is -1.06. The monoisotopic (exact) mass is 230 g/mol. The number of esters is 2. The fourth-order valence-electron chi connectivity index (χ4n) is 1.30. The van der Waals surface area contributed by atoms with Crippen molar-refractivity contribution in [2.75, 3.05) is 6.79 Å². The molecule has 0 amide bonds. The highest BCUT2D eigenvalue weighted by Crippen LogP contribution is 2.07. The van der Waals surface area contributed by atoms with Crippen LogP contribution in [0.15, 0.2) is 0 Å². The summed E-state index contributed by atoms with van der Waals surface area (Å²) in [7, 11) is 0. The Labute approximate surface area is 97.3 Å². The lowest BCUT2D eigenvalue weighted by Crippen LogP contribution is -2.10. The number of carbonyl (C=O) groups excluding carboxylic acids is 2. The predicted molar refractivity (Wildman–Crippen MR) is 60.7 cm³/mol. The van der Waals surface area contributed by atoms with Gasteiger partial charge in [-0.15, -0.1) is 0 Å². The first-order valence-corrected chi connectivity index (χ1v) is 5.95. The van der Waals surface area contributed by atoms with Crippen LogP contribution in [-0.4, -0.2) is 18.7 Å². The van der Waals surface area contributed by atoms with E-state index < -0.39 is 5.97 Å². The van der Waals surface area contributed by atoms with Crippen molar-refractivity contribution in [3.8, 4) is 0 Å². The van der Waals surface area contributed by atoms with Crippen LogP contribution < -0.4 is 0 Å².